The van der Waals surface area contributed by atoms with Crippen LogP contribution >= 0.6 is 0 Å². The molecule has 0 atom stereocenters. The summed E-state index contributed by atoms with van der Waals surface area (Å²) in [6, 6.07) is 7.93. The molecule has 2 heteroatoms. The van der Waals surface area contributed by atoms with Gasteiger partial charge in [-0.25, -0.2) is 0 Å². The van der Waals surface area contributed by atoms with Crippen LogP contribution in [0.2, 0.25) is 0 Å². The molecule has 0 bridgehead atoms. The van der Waals surface area contributed by atoms with Gasteiger partial charge >= 0.3 is 0 Å². The van der Waals surface area contributed by atoms with Gasteiger partial charge in [0.2, 0.25) is 0 Å². The summed E-state index contributed by atoms with van der Waals surface area (Å²) < 4.78 is 5.76. The van der Waals surface area contributed by atoms with Crippen LogP contribution in [0.25, 0.3) is 0 Å². The first-order valence-electron chi connectivity index (χ1n) is 5.76. The Hall–Kier alpha value is -1.02. The van der Waals surface area contributed by atoms with E-state index in [0.717, 1.165) is 24.2 Å². The average molecular weight is 204 g/mol. The summed E-state index contributed by atoms with van der Waals surface area (Å²) in [5.41, 5.74) is 0.512. The highest BCUT2D eigenvalue weighted by Gasteiger charge is 2.41. The lowest BCUT2D eigenvalue weighted by Gasteiger charge is -2.26. The summed E-state index contributed by atoms with van der Waals surface area (Å²) in [5.74, 6) is 0.938. The molecule has 15 heavy (non-hydrogen) atoms. The van der Waals surface area contributed by atoms with E-state index in [9.17, 15) is 5.11 Å². The van der Waals surface area contributed by atoms with Crippen LogP contribution in [0.3, 0.4) is 0 Å². The van der Waals surface area contributed by atoms with Crippen molar-refractivity contribution in [3.05, 3.63) is 29.8 Å². The molecule has 0 aromatic heterocycles. The third-order valence-electron chi connectivity index (χ3n) is 3.47. The second-order valence-corrected chi connectivity index (χ2v) is 4.73. The molecule has 0 unspecified atom stereocenters. The van der Waals surface area contributed by atoms with E-state index in [4.69, 9.17) is 4.74 Å². The fourth-order valence-corrected chi connectivity index (χ4v) is 1.93. The van der Waals surface area contributed by atoms with Crippen LogP contribution in [-0.2, 0) is 5.60 Å². The van der Waals surface area contributed by atoms with Crippen molar-refractivity contribution in [2.45, 2.75) is 43.8 Å². The van der Waals surface area contributed by atoms with Crippen LogP contribution < -0.4 is 4.74 Å². The first-order valence-corrected chi connectivity index (χ1v) is 5.76. The fourth-order valence-electron chi connectivity index (χ4n) is 1.93. The summed E-state index contributed by atoms with van der Waals surface area (Å²) in [7, 11) is 0. The number of hydrogen-bond acceptors (Lipinski definition) is 2. The van der Waals surface area contributed by atoms with Gasteiger partial charge in [-0.1, -0.05) is 12.1 Å². The van der Waals surface area contributed by atoms with Crippen molar-refractivity contribution in [1.82, 2.24) is 0 Å². The molecular formula is C13H16O2. The molecule has 80 valence electrons. The monoisotopic (exact) mass is 204 g/mol. The molecule has 2 aliphatic rings. The average Bonchev–Trinajstić information content (AvgIpc) is 2.93. The predicted molar refractivity (Wildman–Crippen MR) is 57.8 cm³/mol. The first-order chi connectivity index (χ1) is 7.26. The van der Waals surface area contributed by atoms with Gasteiger partial charge in [0.15, 0.2) is 0 Å². The Morgan fingerprint density at radius 3 is 2.27 bits per heavy atom. The van der Waals surface area contributed by atoms with E-state index >= 15 is 0 Å². The zero-order valence-corrected chi connectivity index (χ0v) is 8.78. The molecule has 0 amide bonds. The van der Waals surface area contributed by atoms with E-state index in [0.29, 0.717) is 6.10 Å². The number of ether oxygens (including phenoxy) is 1. The number of hydrogen-bond donors (Lipinski definition) is 1. The molecule has 1 N–H and O–H groups in total. The first kappa shape index (κ1) is 9.22. The Kier molecular flexibility index (Phi) is 1.99. The summed E-state index contributed by atoms with van der Waals surface area (Å²) in [6.45, 7) is 0. The largest absolute Gasteiger partial charge is 0.490 e. The second kappa shape index (κ2) is 3.24. The molecule has 2 aliphatic carbocycles. The Labute approximate surface area is 89.9 Å². The summed E-state index contributed by atoms with van der Waals surface area (Å²) >= 11 is 0. The van der Waals surface area contributed by atoms with Crippen LogP contribution in [0.4, 0.5) is 0 Å². The van der Waals surface area contributed by atoms with Gasteiger partial charge in [0, 0.05) is 0 Å². The van der Waals surface area contributed by atoms with Crippen molar-refractivity contribution < 1.29 is 9.84 Å². The molecule has 0 radical (unpaired) electrons. The molecule has 0 heterocycles. The lowest BCUT2D eigenvalue weighted by molar-refractivity contribution is 0.120. The van der Waals surface area contributed by atoms with E-state index in [-0.39, 0.29) is 0 Å². The van der Waals surface area contributed by atoms with E-state index in [1.165, 1.54) is 19.3 Å². The molecule has 1 aromatic carbocycles. The van der Waals surface area contributed by atoms with Crippen LogP contribution in [0, 0.1) is 0 Å². The fraction of sp³-hybridized carbons (Fsp3) is 0.538. The lowest BCUT2D eigenvalue weighted by atomic mass is 9.96. The van der Waals surface area contributed by atoms with E-state index in [1.807, 2.05) is 24.3 Å². The highest BCUT2D eigenvalue weighted by molar-refractivity contribution is 5.33. The molecule has 2 fully saturated rings. The molecule has 1 aromatic rings. The molecule has 0 spiro atoms. The van der Waals surface area contributed by atoms with Crippen molar-refractivity contribution in [2.75, 3.05) is 0 Å². The van der Waals surface area contributed by atoms with Gasteiger partial charge in [0.05, 0.1) is 11.7 Å². The third-order valence-corrected chi connectivity index (χ3v) is 3.47. The zero-order valence-electron chi connectivity index (χ0n) is 8.78. The molecule has 0 aliphatic heterocycles. The summed E-state index contributed by atoms with van der Waals surface area (Å²) in [6.07, 6.45) is 5.89. The van der Waals surface area contributed by atoms with Gasteiger partial charge in [-0.2, -0.15) is 0 Å². The van der Waals surface area contributed by atoms with Crippen molar-refractivity contribution >= 4 is 0 Å². The molecule has 2 nitrogen and oxygen atoms in total. The van der Waals surface area contributed by atoms with Crippen LogP contribution in [0.1, 0.15) is 37.7 Å². The lowest BCUT2D eigenvalue weighted by Crippen LogP contribution is -2.24. The number of aliphatic hydroxyl groups is 1. The highest BCUT2D eigenvalue weighted by Crippen LogP contribution is 2.45. The Bertz CT molecular complexity index is 347. The van der Waals surface area contributed by atoms with E-state index in [1.54, 1.807) is 0 Å². The van der Waals surface area contributed by atoms with Gasteiger partial charge in [0.25, 0.3) is 0 Å². The van der Waals surface area contributed by atoms with Gasteiger partial charge in [-0.15, -0.1) is 0 Å². The quantitative estimate of drug-likeness (QED) is 0.820. The maximum Gasteiger partial charge on any atom is 0.119 e. The van der Waals surface area contributed by atoms with Crippen LogP contribution in [0.5, 0.6) is 5.75 Å². The van der Waals surface area contributed by atoms with Crippen molar-refractivity contribution in [1.29, 1.82) is 0 Å². The van der Waals surface area contributed by atoms with Gasteiger partial charge in [-0.3, -0.25) is 0 Å². The standard InChI is InChI=1S/C13H16O2/c14-13(8-9-13)10-4-6-12(7-5-10)15-11-2-1-3-11/h4-7,11,14H,1-3,8-9H2. The van der Waals surface area contributed by atoms with Gasteiger partial charge in [0.1, 0.15) is 5.75 Å². The number of benzene rings is 1. The molecule has 2 saturated carbocycles. The molecular weight excluding hydrogens is 188 g/mol. The highest BCUT2D eigenvalue weighted by atomic mass is 16.5. The van der Waals surface area contributed by atoms with Gasteiger partial charge in [-0.05, 0) is 49.8 Å². The normalized spacial score (nSPS) is 23.3. The summed E-state index contributed by atoms with van der Waals surface area (Å²) in [5, 5.41) is 9.89. The minimum absolute atomic E-state index is 0.430. The van der Waals surface area contributed by atoms with E-state index < -0.39 is 5.60 Å². The third kappa shape index (κ3) is 1.74. The Morgan fingerprint density at radius 2 is 1.80 bits per heavy atom. The zero-order chi connectivity index (χ0) is 10.3. The Balaban J connectivity index is 1.70. The maximum atomic E-state index is 9.89. The second-order valence-electron chi connectivity index (χ2n) is 4.73. The SMILES string of the molecule is OC1(c2ccc(OC3CCC3)cc2)CC1. The topological polar surface area (TPSA) is 29.5 Å². The molecule has 0 saturated heterocycles. The van der Waals surface area contributed by atoms with Crippen molar-refractivity contribution in [3.63, 3.8) is 0 Å². The van der Waals surface area contributed by atoms with E-state index in [2.05, 4.69) is 0 Å². The van der Waals surface area contributed by atoms with Crippen molar-refractivity contribution in [2.24, 2.45) is 0 Å². The van der Waals surface area contributed by atoms with Crippen LogP contribution in [-0.4, -0.2) is 11.2 Å². The smallest absolute Gasteiger partial charge is 0.119 e. The molecule has 3 rings (SSSR count). The van der Waals surface area contributed by atoms with Crippen molar-refractivity contribution in [3.8, 4) is 5.75 Å². The Morgan fingerprint density at radius 1 is 1.13 bits per heavy atom. The minimum atomic E-state index is -0.519. The maximum absolute atomic E-state index is 9.89. The predicted octanol–water partition coefficient (Wildman–Crippen LogP) is 2.60. The number of rotatable bonds is 3. The van der Waals surface area contributed by atoms with Gasteiger partial charge < -0.3 is 9.84 Å². The van der Waals surface area contributed by atoms with Crippen LogP contribution in [0.15, 0.2) is 24.3 Å². The minimum Gasteiger partial charge on any atom is -0.490 e. The summed E-state index contributed by atoms with van der Waals surface area (Å²) in [4.78, 5) is 0.